The van der Waals surface area contributed by atoms with Crippen molar-refractivity contribution >= 4 is 17.6 Å². The number of carbonyl (C=O) groups excluding carboxylic acids is 3. The minimum absolute atomic E-state index is 0.0565. The van der Waals surface area contributed by atoms with E-state index >= 15 is 0 Å². The fourth-order valence-corrected chi connectivity index (χ4v) is 3.97. The van der Waals surface area contributed by atoms with Crippen molar-refractivity contribution in [3.63, 3.8) is 0 Å². The zero-order valence-electron chi connectivity index (χ0n) is 15.7. The molecule has 0 aromatic rings. The highest BCUT2D eigenvalue weighted by molar-refractivity contribution is 5.98. The number of nitrogens with two attached hydrogens (primary N) is 1. The number of amides is 2. The molecule has 0 bridgehead atoms. The van der Waals surface area contributed by atoms with Crippen molar-refractivity contribution in [3.05, 3.63) is 0 Å². The average Bonchev–Trinajstić information content (AvgIpc) is 3.12. The number of likely N-dealkylation sites (tertiary alicyclic amines) is 2. The summed E-state index contributed by atoms with van der Waals surface area (Å²) in [5, 5.41) is 0. The van der Waals surface area contributed by atoms with Gasteiger partial charge in [0.1, 0.15) is 12.1 Å². The minimum atomic E-state index is -0.594. The molecule has 2 aliphatic heterocycles. The van der Waals surface area contributed by atoms with E-state index < -0.39 is 18.2 Å². The van der Waals surface area contributed by atoms with E-state index in [2.05, 4.69) is 0 Å². The zero-order chi connectivity index (χ0) is 18.7. The van der Waals surface area contributed by atoms with Crippen LogP contribution in [0.25, 0.3) is 0 Å². The number of hydrogen-bond donors (Lipinski definition) is 1. The van der Waals surface area contributed by atoms with E-state index in [1.807, 2.05) is 20.8 Å². The molecular weight excluding hydrogens is 322 g/mol. The largest absolute Gasteiger partial charge is 0.372 e. The number of carbonyl (C=O) groups is 3. The van der Waals surface area contributed by atoms with Crippen LogP contribution in [0.15, 0.2) is 0 Å². The molecule has 0 saturated carbocycles. The summed E-state index contributed by atoms with van der Waals surface area (Å²) in [5.74, 6) is -0.0924. The minimum Gasteiger partial charge on any atom is -0.372 e. The first kappa shape index (κ1) is 19.8. The summed E-state index contributed by atoms with van der Waals surface area (Å²) in [7, 11) is 1.52. The Balaban J connectivity index is 2.10. The van der Waals surface area contributed by atoms with Gasteiger partial charge in [-0.2, -0.15) is 0 Å². The number of nitrogens with zero attached hydrogens (tertiary/aromatic N) is 2. The molecule has 142 valence electrons. The maximum atomic E-state index is 12.7. The summed E-state index contributed by atoms with van der Waals surface area (Å²) in [5.41, 5.74) is 6.03. The topological polar surface area (TPSA) is 92.9 Å². The molecule has 0 spiro atoms. The summed E-state index contributed by atoms with van der Waals surface area (Å²) >= 11 is 0. The predicted molar refractivity (Wildman–Crippen MR) is 93.8 cm³/mol. The molecule has 2 fully saturated rings. The molecule has 2 heterocycles. The first-order chi connectivity index (χ1) is 11.8. The van der Waals surface area contributed by atoms with Crippen LogP contribution >= 0.6 is 0 Å². The Morgan fingerprint density at radius 2 is 1.96 bits per heavy atom. The highest BCUT2D eigenvalue weighted by Crippen LogP contribution is 2.31. The van der Waals surface area contributed by atoms with E-state index in [1.165, 1.54) is 7.11 Å². The number of fused-ring (bicyclic) bond motifs is 1. The monoisotopic (exact) mass is 353 g/mol. The SMILES string of the molecule is CCCC(OC)C(=O)N1CC(=O)C2C1CCN2C(=O)C(N)CC(C)C. The van der Waals surface area contributed by atoms with Gasteiger partial charge < -0.3 is 20.3 Å². The van der Waals surface area contributed by atoms with Crippen LogP contribution in [0, 0.1) is 5.92 Å². The second kappa shape index (κ2) is 8.27. The van der Waals surface area contributed by atoms with Crippen molar-refractivity contribution in [1.82, 2.24) is 9.80 Å². The van der Waals surface area contributed by atoms with Gasteiger partial charge in [-0.1, -0.05) is 27.2 Å². The van der Waals surface area contributed by atoms with Gasteiger partial charge in [0.2, 0.25) is 5.91 Å². The first-order valence-corrected chi connectivity index (χ1v) is 9.23. The smallest absolute Gasteiger partial charge is 0.252 e. The maximum Gasteiger partial charge on any atom is 0.252 e. The second-order valence-corrected chi connectivity index (χ2v) is 7.51. The lowest BCUT2D eigenvalue weighted by Gasteiger charge is -2.28. The Morgan fingerprint density at radius 3 is 2.52 bits per heavy atom. The fraction of sp³-hybridized carbons (Fsp3) is 0.833. The lowest BCUT2D eigenvalue weighted by atomic mass is 10.0. The van der Waals surface area contributed by atoms with Crippen LogP contribution in [0.2, 0.25) is 0 Å². The van der Waals surface area contributed by atoms with Gasteiger partial charge in [0, 0.05) is 13.7 Å². The van der Waals surface area contributed by atoms with Gasteiger partial charge in [-0.3, -0.25) is 14.4 Å². The average molecular weight is 353 g/mol. The Labute approximate surface area is 149 Å². The lowest BCUT2D eigenvalue weighted by Crippen LogP contribution is -2.50. The molecule has 0 aromatic heterocycles. The number of rotatable bonds is 7. The third-order valence-corrected chi connectivity index (χ3v) is 5.14. The quantitative estimate of drug-likeness (QED) is 0.722. The van der Waals surface area contributed by atoms with Crippen LogP contribution in [0.5, 0.6) is 0 Å². The first-order valence-electron chi connectivity index (χ1n) is 9.23. The molecule has 7 heteroatoms. The number of ether oxygens (including phenoxy) is 1. The van der Waals surface area contributed by atoms with E-state index in [0.29, 0.717) is 31.7 Å². The number of Topliss-reactive ketones (excluding diaryl/α,β-unsaturated/α-hetero) is 1. The lowest BCUT2D eigenvalue weighted by molar-refractivity contribution is -0.144. The molecular formula is C18H31N3O4. The van der Waals surface area contributed by atoms with Crippen molar-refractivity contribution in [2.24, 2.45) is 11.7 Å². The van der Waals surface area contributed by atoms with E-state index in [1.54, 1.807) is 9.80 Å². The van der Waals surface area contributed by atoms with Gasteiger partial charge in [-0.05, 0) is 25.2 Å². The van der Waals surface area contributed by atoms with Crippen molar-refractivity contribution in [2.75, 3.05) is 20.2 Å². The van der Waals surface area contributed by atoms with Crippen LogP contribution in [-0.4, -0.2) is 71.8 Å². The Hall–Kier alpha value is -1.47. The standard InChI is InChI=1S/C18H31N3O4/c1-5-6-15(25-4)18(24)21-10-14(22)16-13(21)7-8-20(16)17(23)12(19)9-11(2)3/h11-13,15-16H,5-10,19H2,1-4H3. The Morgan fingerprint density at radius 1 is 1.28 bits per heavy atom. The van der Waals surface area contributed by atoms with E-state index in [-0.39, 0.29) is 30.2 Å². The molecule has 4 unspecified atom stereocenters. The summed E-state index contributed by atoms with van der Waals surface area (Å²) in [6, 6.07) is -1.39. The van der Waals surface area contributed by atoms with Gasteiger partial charge in [0.05, 0.1) is 18.6 Å². The molecule has 2 saturated heterocycles. The molecule has 2 rings (SSSR count). The van der Waals surface area contributed by atoms with Gasteiger partial charge in [0.15, 0.2) is 5.78 Å². The molecule has 7 nitrogen and oxygen atoms in total. The Bertz CT molecular complexity index is 522. The van der Waals surface area contributed by atoms with Crippen molar-refractivity contribution in [2.45, 2.75) is 70.7 Å². The molecule has 0 radical (unpaired) electrons. The van der Waals surface area contributed by atoms with E-state index in [9.17, 15) is 14.4 Å². The number of methoxy groups -OCH3 is 1. The normalized spacial score (nSPS) is 25.4. The van der Waals surface area contributed by atoms with E-state index in [4.69, 9.17) is 10.5 Å². The molecule has 2 N–H and O–H groups in total. The second-order valence-electron chi connectivity index (χ2n) is 7.51. The highest BCUT2D eigenvalue weighted by Gasteiger charge is 2.52. The summed E-state index contributed by atoms with van der Waals surface area (Å²) in [6.07, 6.45) is 2.13. The fourth-order valence-electron chi connectivity index (χ4n) is 3.97. The summed E-state index contributed by atoms with van der Waals surface area (Å²) < 4.78 is 5.30. The van der Waals surface area contributed by atoms with Crippen LogP contribution in [-0.2, 0) is 19.1 Å². The number of ketones is 1. The molecule has 2 aliphatic rings. The summed E-state index contributed by atoms with van der Waals surface area (Å²) in [4.78, 5) is 41.1. The molecule has 0 aliphatic carbocycles. The molecule has 25 heavy (non-hydrogen) atoms. The van der Waals surface area contributed by atoms with Gasteiger partial charge >= 0.3 is 0 Å². The zero-order valence-corrected chi connectivity index (χ0v) is 15.7. The van der Waals surface area contributed by atoms with Gasteiger partial charge in [-0.25, -0.2) is 0 Å². The highest BCUT2D eigenvalue weighted by atomic mass is 16.5. The Kier molecular flexibility index (Phi) is 6.57. The van der Waals surface area contributed by atoms with Crippen molar-refractivity contribution in [3.8, 4) is 0 Å². The molecule has 4 atom stereocenters. The van der Waals surface area contributed by atoms with Crippen LogP contribution in [0.3, 0.4) is 0 Å². The van der Waals surface area contributed by atoms with E-state index in [0.717, 1.165) is 6.42 Å². The third kappa shape index (κ3) is 4.03. The van der Waals surface area contributed by atoms with Gasteiger partial charge in [-0.15, -0.1) is 0 Å². The third-order valence-electron chi connectivity index (χ3n) is 5.14. The van der Waals surface area contributed by atoms with Crippen LogP contribution in [0.4, 0.5) is 0 Å². The maximum absolute atomic E-state index is 12.7. The number of hydrogen-bond acceptors (Lipinski definition) is 5. The van der Waals surface area contributed by atoms with Crippen molar-refractivity contribution in [1.29, 1.82) is 0 Å². The van der Waals surface area contributed by atoms with Gasteiger partial charge in [0.25, 0.3) is 5.91 Å². The molecule has 0 aromatic carbocycles. The van der Waals surface area contributed by atoms with Crippen LogP contribution < -0.4 is 5.73 Å². The van der Waals surface area contributed by atoms with Crippen LogP contribution in [0.1, 0.15) is 46.5 Å². The van der Waals surface area contributed by atoms with Crippen molar-refractivity contribution < 1.29 is 19.1 Å². The molecule has 2 amide bonds. The summed E-state index contributed by atoms with van der Waals surface area (Å²) in [6.45, 7) is 6.55. The predicted octanol–water partition coefficient (Wildman–Crippen LogP) is 0.556.